The van der Waals surface area contributed by atoms with Gasteiger partial charge in [0.05, 0.1) is 11.6 Å². The summed E-state index contributed by atoms with van der Waals surface area (Å²) in [5.41, 5.74) is 3.35. The van der Waals surface area contributed by atoms with Crippen LogP contribution in [0, 0.1) is 5.92 Å². The second-order valence-electron chi connectivity index (χ2n) is 6.88. The second kappa shape index (κ2) is 11.4. The number of benzene rings is 2. The molecule has 2 aromatic carbocycles. The highest BCUT2D eigenvalue weighted by Gasteiger charge is 2.23. The first kappa shape index (κ1) is 21.9. The molecule has 0 amide bonds. The van der Waals surface area contributed by atoms with Gasteiger partial charge >= 0.3 is 0 Å². The maximum absolute atomic E-state index is 9.15. The number of hydrogen-bond donors (Lipinski definition) is 2. The molecular weight excluding hydrogens is 374 g/mol. The molecule has 0 radical (unpaired) electrons. The van der Waals surface area contributed by atoms with Crippen molar-refractivity contribution in [1.82, 2.24) is 0 Å². The molecule has 4 heteroatoms. The minimum atomic E-state index is 0.115. The lowest BCUT2D eigenvalue weighted by Gasteiger charge is -2.29. The number of thiocarbonyl (C=S) groups is 1. The Kier molecular flexibility index (Phi) is 9.26. The molecule has 2 N–H and O–H groups in total. The Labute approximate surface area is 174 Å². The van der Waals surface area contributed by atoms with Crippen LogP contribution in [0.25, 0.3) is 0 Å². The van der Waals surface area contributed by atoms with Crippen LogP contribution < -0.4 is 5.32 Å². The lowest BCUT2D eigenvalue weighted by Crippen LogP contribution is -2.19. The smallest absolute Gasteiger partial charge is 0.0800 e. The Morgan fingerprint density at radius 3 is 2.33 bits per heavy atom. The summed E-state index contributed by atoms with van der Waals surface area (Å²) in [5, 5.41) is 13.2. The topological polar surface area (TPSA) is 32.3 Å². The van der Waals surface area contributed by atoms with Crippen molar-refractivity contribution in [3.63, 3.8) is 0 Å². The first-order valence-corrected chi connectivity index (χ1v) is 10.7. The van der Waals surface area contributed by atoms with E-state index < -0.39 is 0 Å². The average Bonchev–Trinajstić information content (AvgIpc) is 2.70. The van der Waals surface area contributed by atoms with Gasteiger partial charge in [-0.05, 0) is 66.8 Å². The molecule has 3 rings (SSSR count). The molecule has 1 aliphatic carbocycles. The van der Waals surface area contributed by atoms with E-state index in [1.807, 2.05) is 50.2 Å². The highest BCUT2D eigenvalue weighted by molar-refractivity contribution is 7.80. The van der Waals surface area contributed by atoms with E-state index in [1.165, 1.54) is 31.2 Å². The average molecular weight is 404 g/mol. The third kappa shape index (κ3) is 6.91. The zero-order chi connectivity index (χ0) is 19.6. The molecule has 1 aliphatic rings. The Hall–Kier alpha value is -1.42. The van der Waals surface area contributed by atoms with Crippen molar-refractivity contribution < 1.29 is 5.11 Å². The van der Waals surface area contributed by atoms with Crippen molar-refractivity contribution in [3.8, 4) is 0 Å². The Bertz CT molecular complexity index is 709. The fraction of sp³-hybridized carbons (Fsp3) is 0.435. The summed E-state index contributed by atoms with van der Waals surface area (Å²) < 4.78 is 0. The van der Waals surface area contributed by atoms with Gasteiger partial charge < -0.3 is 10.4 Å². The molecule has 2 nitrogen and oxygen atoms in total. The third-order valence-electron chi connectivity index (χ3n) is 5.06. The predicted molar refractivity (Wildman–Crippen MR) is 121 cm³/mol. The van der Waals surface area contributed by atoms with Crippen LogP contribution in [-0.4, -0.2) is 10.1 Å². The van der Waals surface area contributed by atoms with Gasteiger partial charge in [-0.25, -0.2) is 0 Å². The first-order valence-electron chi connectivity index (χ1n) is 9.89. The van der Waals surface area contributed by atoms with Crippen molar-refractivity contribution in [2.24, 2.45) is 5.92 Å². The summed E-state index contributed by atoms with van der Waals surface area (Å²) >= 11 is 11.5. The van der Waals surface area contributed by atoms with Crippen LogP contribution >= 0.6 is 23.8 Å². The zero-order valence-corrected chi connectivity index (χ0v) is 17.8. The van der Waals surface area contributed by atoms with Gasteiger partial charge in [0.1, 0.15) is 0 Å². The van der Waals surface area contributed by atoms with E-state index in [4.69, 9.17) is 28.9 Å². The zero-order valence-electron chi connectivity index (χ0n) is 16.2. The number of nitrogens with one attached hydrogen (secondary N) is 1. The van der Waals surface area contributed by atoms with Gasteiger partial charge in [0, 0.05) is 17.1 Å². The van der Waals surface area contributed by atoms with Gasteiger partial charge in [-0.1, -0.05) is 68.0 Å². The molecule has 1 saturated carbocycles. The standard InChI is InChI=1S/C21H24ClNOS.C2H6/c22-19-2-1-3-20(13-19)23-21(25)12-15-4-8-17(9-5-15)18-10-6-16(14-24)7-11-18;1-2/h1-3,6-7,10-11,13,15,17,24H,4-5,8-9,12,14H2,(H,23,25);1-2H3. The summed E-state index contributed by atoms with van der Waals surface area (Å²) in [7, 11) is 0. The summed E-state index contributed by atoms with van der Waals surface area (Å²) in [6.45, 7) is 4.12. The fourth-order valence-electron chi connectivity index (χ4n) is 3.64. The number of aliphatic hydroxyl groups excluding tert-OH is 1. The van der Waals surface area contributed by atoms with Crippen LogP contribution in [-0.2, 0) is 6.61 Å². The normalized spacial score (nSPS) is 19.0. The summed E-state index contributed by atoms with van der Waals surface area (Å²) in [4.78, 5) is 0.901. The molecule has 0 aliphatic heterocycles. The van der Waals surface area contributed by atoms with E-state index in [0.717, 1.165) is 27.7 Å². The molecule has 2 aromatic rings. The lowest BCUT2D eigenvalue weighted by atomic mass is 9.77. The van der Waals surface area contributed by atoms with Gasteiger partial charge in [-0.15, -0.1) is 0 Å². The van der Waals surface area contributed by atoms with Crippen molar-refractivity contribution in [3.05, 3.63) is 64.7 Å². The lowest BCUT2D eigenvalue weighted by molar-refractivity contribution is 0.281. The predicted octanol–water partition coefficient (Wildman–Crippen LogP) is 6.96. The van der Waals surface area contributed by atoms with Gasteiger partial charge in [0.25, 0.3) is 0 Å². The maximum atomic E-state index is 9.15. The van der Waals surface area contributed by atoms with E-state index in [2.05, 4.69) is 17.4 Å². The SMILES string of the molecule is CC.OCc1ccc(C2CCC(CC(=S)Nc3cccc(Cl)c3)CC2)cc1. The minimum Gasteiger partial charge on any atom is -0.392 e. The van der Waals surface area contributed by atoms with E-state index in [1.54, 1.807) is 0 Å². The van der Waals surface area contributed by atoms with Gasteiger partial charge in [-0.2, -0.15) is 0 Å². The van der Waals surface area contributed by atoms with E-state index in [-0.39, 0.29) is 6.61 Å². The highest BCUT2D eigenvalue weighted by Crippen LogP contribution is 2.37. The molecule has 1 fully saturated rings. The quantitative estimate of drug-likeness (QED) is 0.529. The van der Waals surface area contributed by atoms with Gasteiger partial charge in [0.2, 0.25) is 0 Å². The number of hydrogen-bond acceptors (Lipinski definition) is 2. The van der Waals surface area contributed by atoms with Crippen LogP contribution in [0.2, 0.25) is 5.02 Å². The van der Waals surface area contributed by atoms with Crippen LogP contribution in [0.1, 0.15) is 63.0 Å². The number of halogens is 1. The monoisotopic (exact) mass is 403 g/mol. The molecule has 0 spiro atoms. The fourth-order valence-corrected chi connectivity index (χ4v) is 4.18. The van der Waals surface area contributed by atoms with Crippen molar-refractivity contribution >= 4 is 34.5 Å². The van der Waals surface area contributed by atoms with Crippen LogP contribution in [0.3, 0.4) is 0 Å². The van der Waals surface area contributed by atoms with Crippen molar-refractivity contribution in [2.45, 2.75) is 58.5 Å². The number of aliphatic hydroxyl groups is 1. The molecule has 0 atom stereocenters. The molecule has 0 unspecified atom stereocenters. The first-order chi connectivity index (χ1) is 13.1. The molecule has 0 bridgehead atoms. The Morgan fingerprint density at radius 2 is 1.74 bits per heavy atom. The van der Waals surface area contributed by atoms with Crippen LogP contribution in [0.15, 0.2) is 48.5 Å². The molecule has 146 valence electrons. The maximum Gasteiger partial charge on any atom is 0.0800 e. The van der Waals surface area contributed by atoms with E-state index in [9.17, 15) is 0 Å². The van der Waals surface area contributed by atoms with Crippen LogP contribution in [0.5, 0.6) is 0 Å². The minimum absolute atomic E-state index is 0.115. The van der Waals surface area contributed by atoms with Crippen molar-refractivity contribution in [2.75, 3.05) is 5.32 Å². The molecule has 0 heterocycles. The Balaban J connectivity index is 0.00000126. The molecule has 27 heavy (non-hydrogen) atoms. The largest absolute Gasteiger partial charge is 0.392 e. The summed E-state index contributed by atoms with van der Waals surface area (Å²) in [6.07, 6.45) is 5.79. The van der Waals surface area contributed by atoms with Crippen molar-refractivity contribution in [1.29, 1.82) is 0 Å². The van der Waals surface area contributed by atoms with Gasteiger partial charge in [0.15, 0.2) is 0 Å². The summed E-state index contributed by atoms with van der Waals surface area (Å²) in [5.74, 6) is 1.30. The molecule has 0 aromatic heterocycles. The number of anilines is 1. The van der Waals surface area contributed by atoms with E-state index >= 15 is 0 Å². The molecular formula is C23H30ClNOS. The molecule has 0 saturated heterocycles. The Morgan fingerprint density at radius 1 is 1.07 bits per heavy atom. The second-order valence-corrected chi connectivity index (χ2v) is 7.81. The highest BCUT2D eigenvalue weighted by atomic mass is 35.5. The van der Waals surface area contributed by atoms with Gasteiger partial charge in [-0.3, -0.25) is 0 Å². The summed E-state index contributed by atoms with van der Waals surface area (Å²) in [6, 6.07) is 16.1. The van der Waals surface area contributed by atoms with Crippen LogP contribution in [0.4, 0.5) is 5.69 Å². The van der Waals surface area contributed by atoms with E-state index in [0.29, 0.717) is 11.8 Å². The number of rotatable bonds is 5. The third-order valence-corrected chi connectivity index (χ3v) is 5.57.